The molecule has 0 atom stereocenters. The number of carbonyl (C=O) groups is 1. The molecule has 2 N–H and O–H groups in total. The van der Waals surface area contributed by atoms with Gasteiger partial charge in [0.2, 0.25) is 23.1 Å². The topological polar surface area (TPSA) is 83.0 Å². The van der Waals surface area contributed by atoms with Crippen LogP contribution in [0.2, 0.25) is 5.28 Å². The Hall–Kier alpha value is -1.63. The van der Waals surface area contributed by atoms with E-state index >= 15 is 0 Å². The summed E-state index contributed by atoms with van der Waals surface area (Å²) in [7, 11) is 1.74. The van der Waals surface area contributed by atoms with E-state index in [0.717, 1.165) is 12.8 Å². The van der Waals surface area contributed by atoms with Crippen molar-refractivity contribution >= 4 is 29.4 Å². The van der Waals surface area contributed by atoms with Gasteiger partial charge in [0.25, 0.3) is 0 Å². The molecule has 1 aromatic heterocycles. The van der Waals surface area contributed by atoms with E-state index in [4.69, 9.17) is 11.6 Å². The second-order valence-corrected chi connectivity index (χ2v) is 4.79. The van der Waals surface area contributed by atoms with Crippen LogP contribution in [0.15, 0.2) is 0 Å². The third kappa shape index (κ3) is 4.20. The second-order valence-electron chi connectivity index (χ2n) is 4.46. The average Bonchev–Trinajstić information content (AvgIpc) is 3.12. The monoisotopic (exact) mass is 284 g/mol. The number of amides is 1. The highest BCUT2D eigenvalue weighted by atomic mass is 35.5. The normalized spacial score (nSPS) is 14.1. The predicted molar refractivity (Wildman–Crippen MR) is 73.4 cm³/mol. The van der Waals surface area contributed by atoms with Gasteiger partial charge in [-0.3, -0.25) is 4.79 Å². The lowest BCUT2D eigenvalue weighted by molar-refractivity contribution is -0.119. The Morgan fingerprint density at radius 2 is 2.16 bits per heavy atom. The van der Waals surface area contributed by atoms with Crippen molar-refractivity contribution in [3.05, 3.63) is 5.28 Å². The number of halogens is 1. The summed E-state index contributed by atoms with van der Waals surface area (Å²) < 4.78 is 0. The first-order chi connectivity index (χ1) is 9.08. The number of aromatic nitrogens is 3. The highest BCUT2D eigenvalue weighted by Crippen LogP contribution is 2.18. The lowest BCUT2D eigenvalue weighted by atomic mass is 10.5. The zero-order valence-corrected chi connectivity index (χ0v) is 11.7. The van der Waals surface area contributed by atoms with Gasteiger partial charge >= 0.3 is 0 Å². The van der Waals surface area contributed by atoms with Gasteiger partial charge in [-0.1, -0.05) is 0 Å². The molecule has 0 aromatic carbocycles. The van der Waals surface area contributed by atoms with E-state index in [1.54, 1.807) is 11.9 Å². The number of carbonyl (C=O) groups excluding carboxylic acids is 1. The largest absolute Gasteiger partial charge is 0.354 e. The van der Waals surface area contributed by atoms with Crippen LogP contribution in [0.4, 0.5) is 11.9 Å². The molecule has 1 aromatic rings. The first-order valence-electron chi connectivity index (χ1n) is 6.24. The number of rotatable bonds is 6. The van der Waals surface area contributed by atoms with E-state index in [1.165, 1.54) is 0 Å². The maximum absolute atomic E-state index is 11.7. The zero-order valence-electron chi connectivity index (χ0n) is 11.0. The molecule has 1 saturated carbocycles. The van der Waals surface area contributed by atoms with Crippen molar-refractivity contribution in [2.75, 3.05) is 30.4 Å². The molecule has 1 heterocycles. The van der Waals surface area contributed by atoms with Gasteiger partial charge in [0.05, 0.1) is 6.54 Å². The van der Waals surface area contributed by atoms with Gasteiger partial charge in [-0.2, -0.15) is 15.0 Å². The van der Waals surface area contributed by atoms with Crippen LogP contribution in [0.5, 0.6) is 0 Å². The number of nitrogens with one attached hydrogen (secondary N) is 2. The quantitative estimate of drug-likeness (QED) is 0.799. The lowest BCUT2D eigenvalue weighted by Gasteiger charge is -2.17. The Morgan fingerprint density at radius 1 is 1.42 bits per heavy atom. The van der Waals surface area contributed by atoms with E-state index in [9.17, 15) is 4.79 Å². The zero-order chi connectivity index (χ0) is 13.8. The SMILES string of the molecule is CCNc1nc(Cl)nc(N(C)CC(=O)NC2CC2)n1. The number of hydrogen-bond acceptors (Lipinski definition) is 6. The van der Waals surface area contributed by atoms with E-state index in [-0.39, 0.29) is 17.7 Å². The molecule has 0 aliphatic heterocycles. The van der Waals surface area contributed by atoms with E-state index in [0.29, 0.717) is 24.5 Å². The van der Waals surface area contributed by atoms with Gasteiger partial charge in [-0.15, -0.1) is 0 Å². The van der Waals surface area contributed by atoms with Gasteiger partial charge in [-0.05, 0) is 31.4 Å². The van der Waals surface area contributed by atoms with Crippen LogP contribution < -0.4 is 15.5 Å². The first-order valence-corrected chi connectivity index (χ1v) is 6.62. The molecule has 0 bridgehead atoms. The predicted octanol–water partition coefficient (Wildman–Crippen LogP) is 0.672. The summed E-state index contributed by atoms with van der Waals surface area (Å²) in [4.78, 5) is 25.5. The summed E-state index contributed by atoms with van der Waals surface area (Å²) in [5.74, 6) is 0.750. The molecule has 0 saturated heterocycles. The highest BCUT2D eigenvalue weighted by Gasteiger charge is 2.24. The molecule has 1 fully saturated rings. The van der Waals surface area contributed by atoms with Crippen LogP contribution in [-0.4, -0.2) is 47.0 Å². The minimum Gasteiger partial charge on any atom is -0.354 e. The Morgan fingerprint density at radius 3 is 2.79 bits per heavy atom. The fourth-order valence-corrected chi connectivity index (χ4v) is 1.69. The van der Waals surface area contributed by atoms with E-state index in [2.05, 4.69) is 25.6 Å². The minimum atomic E-state index is -0.0356. The Balaban J connectivity index is 2.00. The first kappa shape index (κ1) is 13.8. The number of hydrogen-bond donors (Lipinski definition) is 2. The van der Waals surface area contributed by atoms with Crippen molar-refractivity contribution in [3.8, 4) is 0 Å². The van der Waals surface area contributed by atoms with Crippen LogP contribution >= 0.6 is 11.6 Å². The van der Waals surface area contributed by atoms with Crippen molar-refractivity contribution < 1.29 is 4.79 Å². The number of nitrogens with zero attached hydrogens (tertiary/aromatic N) is 4. The molecular formula is C11H17ClN6O. The Labute approximate surface area is 116 Å². The summed E-state index contributed by atoms with van der Waals surface area (Å²) in [6.07, 6.45) is 2.13. The summed E-state index contributed by atoms with van der Waals surface area (Å²) in [5, 5.41) is 5.98. The standard InChI is InChI=1S/C11H17ClN6O/c1-3-13-10-15-9(12)16-11(17-10)18(2)6-8(19)14-7-4-5-7/h7H,3-6H2,1-2H3,(H,14,19)(H,13,15,16,17). The molecule has 7 nitrogen and oxygen atoms in total. The van der Waals surface area contributed by atoms with Gasteiger partial charge < -0.3 is 15.5 Å². The third-order valence-electron chi connectivity index (χ3n) is 2.60. The van der Waals surface area contributed by atoms with Crippen molar-refractivity contribution in [2.45, 2.75) is 25.8 Å². The minimum absolute atomic E-state index is 0.0356. The van der Waals surface area contributed by atoms with Crippen molar-refractivity contribution in [3.63, 3.8) is 0 Å². The molecule has 0 spiro atoms. The summed E-state index contributed by atoms with van der Waals surface area (Å²) in [5.41, 5.74) is 0. The molecule has 104 valence electrons. The fraction of sp³-hybridized carbons (Fsp3) is 0.636. The smallest absolute Gasteiger partial charge is 0.239 e. The van der Waals surface area contributed by atoms with Crippen molar-refractivity contribution in [1.82, 2.24) is 20.3 Å². The molecule has 1 amide bonds. The van der Waals surface area contributed by atoms with Gasteiger partial charge in [0.1, 0.15) is 0 Å². The lowest BCUT2D eigenvalue weighted by Crippen LogP contribution is -2.37. The molecular weight excluding hydrogens is 268 g/mol. The fourth-order valence-electron chi connectivity index (χ4n) is 1.53. The van der Waals surface area contributed by atoms with Crippen LogP contribution in [0.25, 0.3) is 0 Å². The van der Waals surface area contributed by atoms with Crippen LogP contribution in [-0.2, 0) is 4.79 Å². The summed E-state index contributed by atoms with van der Waals surface area (Å²) in [6, 6.07) is 0.347. The van der Waals surface area contributed by atoms with Gasteiger partial charge in [0.15, 0.2) is 0 Å². The molecule has 2 rings (SSSR count). The molecule has 0 radical (unpaired) electrons. The number of anilines is 2. The van der Waals surface area contributed by atoms with Crippen LogP contribution in [0.3, 0.4) is 0 Å². The summed E-state index contributed by atoms with van der Waals surface area (Å²) >= 11 is 5.83. The van der Waals surface area contributed by atoms with Gasteiger partial charge in [0, 0.05) is 19.6 Å². The summed E-state index contributed by atoms with van der Waals surface area (Å²) in [6.45, 7) is 2.82. The Kier molecular flexibility index (Phi) is 4.36. The van der Waals surface area contributed by atoms with Crippen molar-refractivity contribution in [2.24, 2.45) is 0 Å². The molecule has 0 unspecified atom stereocenters. The number of likely N-dealkylation sites (N-methyl/N-ethyl adjacent to an activating group) is 1. The highest BCUT2D eigenvalue weighted by molar-refractivity contribution is 6.28. The molecule has 8 heteroatoms. The molecule has 1 aliphatic carbocycles. The maximum atomic E-state index is 11.7. The van der Waals surface area contributed by atoms with Gasteiger partial charge in [-0.25, -0.2) is 0 Å². The molecule has 1 aliphatic rings. The van der Waals surface area contributed by atoms with Crippen LogP contribution in [0.1, 0.15) is 19.8 Å². The molecule has 19 heavy (non-hydrogen) atoms. The van der Waals surface area contributed by atoms with E-state index < -0.39 is 0 Å². The van der Waals surface area contributed by atoms with E-state index in [1.807, 2.05) is 6.92 Å². The Bertz CT molecular complexity index is 464. The second kappa shape index (κ2) is 6.01. The average molecular weight is 285 g/mol. The third-order valence-corrected chi connectivity index (χ3v) is 2.76. The van der Waals surface area contributed by atoms with Crippen LogP contribution in [0, 0.1) is 0 Å². The maximum Gasteiger partial charge on any atom is 0.239 e. The van der Waals surface area contributed by atoms with Crippen molar-refractivity contribution in [1.29, 1.82) is 0 Å².